The Labute approximate surface area is 73.0 Å². The van der Waals surface area contributed by atoms with Gasteiger partial charge in [-0.15, -0.1) is 6.58 Å². The zero-order valence-electron chi connectivity index (χ0n) is 7.83. The summed E-state index contributed by atoms with van der Waals surface area (Å²) in [7, 11) is 0. The number of hydrogen-bond donors (Lipinski definition) is 1. The first-order chi connectivity index (χ1) is 5.46. The molecule has 2 atom stereocenters. The van der Waals surface area contributed by atoms with Crippen LogP contribution in [0.2, 0.25) is 0 Å². The molecule has 0 aromatic carbocycles. The molecular weight excluding hydrogens is 156 g/mol. The van der Waals surface area contributed by atoms with Gasteiger partial charge in [-0.05, 0) is 13.8 Å². The smallest absolute Gasteiger partial charge is 0.338 e. The highest BCUT2D eigenvalue weighted by Gasteiger charge is 2.36. The van der Waals surface area contributed by atoms with Crippen LogP contribution in [0.5, 0.6) is 0 Å². The number of hydrogen-bond acceptors (Lipinski definition) is 3. The second-order valence-corrected chi connectivity index (χ2v) is 2.89. The molecule has 0 saturated heterocycles. The third kappa shape index (κ3) is 2.34. The lowest BCUT2D eigenvalue weighted by Crippen LogP contribution is -2.42. The highest BCUT2D eigenvalue weighted by atomic mass is 16.5. The van der Waals surface area contributed by atoms with Crippen LogP contribution in [0.3, 0.4) is 0 Å². The van der Waals surface area contributed by atoms with Crippen LogP contribution >= 0.6 is 0 Å². The molecule has 0 aromatic heterocycles. The van der Waals surface area contributed by atoms with Gasteiger partial charge in [-0.1, -0.05) is 13.0 Å². The summed E-state index contributed by atoms with van der Waals surface area (Å²) in [5.41, 5.74) is -1.46. The zero-order chi connectivity index (χ0) is 9.78. The van der Waals surface area contributed by atoms with Gasteiger partial charge in [0.05, 0.1) is 6.61 Å². The van der Waals surface area contributed by atoms with Gasteiger partial charge in [-0.2, -0.15) is 0 Å². The van der Waals surface area contributed by atoms with Crippen LogP contribution in [0.1, 0.15) is 20.8 Å². The Morgan fingerprint density at radius 3 is 2.67 bits per heavy atom. The summed E-state index contributed by atoms with van der Waals surface area (Å²) in [6.45, 7) is 8.62. The Hall–Kier alpha value is -0.830. The van der Waals surface area contributed by atoms with Crippen molar-refractivity contribution in [2.45, 2.75) is 26.4 Å². The first kappa shape index (κ1) is 11.2. The van der Waals surface area contributed by atoms with Crippen molar-refractivity contribution in [2.75, 3.05) is 6.61 Å². The standard InChI is InChI=1S/C9H16O3/c1-5-7(3)9(4,11)8(10)12-6-2/h5,7,11H,1,6H2,2-4H3/t7-,9-/m0/s1. The van der Waals surface area contributed by atoms with Gasteiger partial charge in [-0.25, -0.2) is 4.79 Å². The van der Waals surface area contributed by atoms with Crippen molar-refractivity contribution < 1.29 is 14.6 Å². The molecule has 0 aliphatic carbocycles. The maximum absolute atomic E-state index is 11.1. The van der Waals surface area contributed by atoms with Crippen LogP contribution in [0.25, 0.3) is 0 Å². The van der Waals surface area contributed by atoms with E-state index in [1.807, 2.05) is 0 Å². The van der Waals surface area contributed by atoms with Gasteiger partial charge in [0.25, 0.3) is 0 Å². The molecular formula is C9H16O3. The van der Waals surface area contributed by atoms with Crippen molar-refractivity contribution in [3.63, 3.8) is 0 Å². The third-order valence-electron chi connectivity index (χ3n) is 1.93. The van der Waals surface area contributed by atoms with Crippen LogP contribution in [0, 0.1) is 5.92 Å². The summed E-state index contributed by atoms with van der Waals surface area (Å²) in [5, 5.41) is 9.64. The predicted octanol–water partition coefficient (Wildman–Crippen LogP) is 1.12. The van der Waals surface area contributed by atoms with Crippen LogP contribution in [0.15, 0.2) is 12.7 Å². The Morgan fingerprint density at radius 1 is 1.83 bits per heavy atom. The number of aliphatic hydroxyl groups is 1. The minimum atomic E-state index is -1.46. The van der Waals surface area contributed by atoms with Crippen molar-refractivity contribution in [2.24, 2.45) is 5.92 Å². The molecule has 0 saturated carbocycles. The van der Waals surface area contributed by atoms with Gasteiger partial charge in [0.15, 0.2) is 5.60 Å². The third-order valence-corrected chi connectivity index (χ3v) is 1.93. The molecule has 0 aliphatic heterocycles. The van der Waals surface area contributed by atoms with Crippen molar-refractivity contribution in [3.05, 3.63) is 12.7 Å². The van der Waals surface area contributed by atoms with E-state index in [0.717, 1.165) is 0 Å². The molecule has 3 heteroatoms. The molecule has 0 fully saturated rings. The van der Waals surface area contributed by atoms with Crippen molar-refractivity contribution in [3.8, 4) is 0 Å². The lowest BCUT2D eigenvalue weighted by molar-refractivity contribution is -0.166. The monoisotopic (exact) mass is 172 g/mol. The molecule has 70 valence electrons. The minimum absolute atomic E-state index is 0.277. The molecule has 0 unspecified atom stereocenters. The van der Waals surface area contributed by atoms with E-state index in [4.69, 9.17) is 4.74 Å². The molecule has 12 heavy (non-hydrogen) atoms. The number of carbonyl (C=O) groups excluding carboxylic acids is 1. The summed E-state index contributed by atoms with van der Waals surface area (Å²) in [6.07, 6.45) is 1.52. The first-order valence-corrected chi connectivity index (χ1v) is 3.99. The average Bonchev–Trinajstić information content (AvgIpc) is 2.03. The van der Waals surface area contributed by atoms with Gasteiger partial charge in [-0.3, -0.25) is 0 Å². The molecule has 0 rings (SSSR count). The average molecular weight is 172 g/mol. The van der Waals surface area contributed by atoms with E-state index >= 15 is 0 Å². The molecule has 3 nitrogen and oxygen atoms in total. The number of ether oxygens (including phenoxy) is 1. The fraction of sp³-hybridized carbons (Fsp3) is 0.667. The Balaban J connectivity index is 4.37. The number of carbonyl (C=O) groups is 1. The van der Waals surface area contributed by atoms with Gasteiger partial charge >= 0.3 is 5.97 Å². The summed E-state index contributed by atoms with van der Waals surface area (Å²) >= 11 is 0. The Bertz CT molecular complexity index is 173. The molecule has 0 heterocycles. The highest BCUT2D eigenvalue weighted by Crippen LogP contribution is 2.19. The quantitative estimate of drug-likeness (QED) is 0.510. The summed E-state index contributed by atoms with van der Waals surface area (Å²) in [5.74, 6) is -0.908. The van der Waals surface area contributed by atoms with Gasteiger partial charge in [0.1, 0.15) is 0 Å². The lowest BCUT2D eigenvalue weighted by Gasteiger charge is -2.25. The van der Waals surface area contributed by atoms with Crippen LogP contribution in [-0.4, -0.2) is 23.3 Å². The fourth-order valence-corrected chi connectivity index (χ4v) is 0.693. The predicted molar refractivity (Wildman–Crippen MR) is 46.6 cm³/mol. The molecule has 0 radical (unpaired) electrons. The SMILES string of the molecule is C=C[C@H](C)[C@](C)(O)C(=O)OCC. The maximum atomic E-state index is 11.1. The van der Waals surface area contributed by atoms with E-state index in [-0.39, 0.29) is 12.5 Å². The minimum Gasteiger partial charge on any atom is -0.464 e. The number of esters is 1. The van der Waals surface area contributed by atoms with E-state index in [0.29, 0.717) is 0 Å². The number of rotatable bonds is 4. The molecule has 0 bridgehead atoms. The second-order valence-electron chi connectivity index (χ2n) is 2.89. The fourth-order valence-electron chi connectivity index (χ4n) is 0.693. The summed E-state index contributed by atoms with van der Waals surface area (Å²) in [6, 6.07) is 0. The summed E-state index contributed by atoms with van der Waals surface area (Å²) < 4.78 is 4.69. The largest absolute Gasteiger partial charge is 0.464 e. The Kier molecular flexibility index (Phi) is 3.96. The van der Waals surface area contributed by atoms with Gasteiger partial charge < -0.3 is 9.84 Å². The van der Waals surface area contributed by atoms with Crippen molar-refractivity contribution >= 4 is 5.97 Å². The van der Waals surface area contributed by atoms with E-state index < -0.39 is 11.6 Å². The van der Waals surface area contributed by atoms with Gasteiger partial charge in [0.2, 0.25) is 0 Å². The molecule has 0 aromatic rings. The maximum Gasteiger partial charge on any atom is 0.338 e. The summed E-state index contributed by atoms with van der Waals surface area (Å²) in [4.78, 5) is 11.1. The Morgan fingerprint density at radius 2 is 2.33 bits per heavy atom. The molecule has 0 amide bonds. The highest BCUT2D eigenvalue weighted by molar-refractivity contribution is 5.79. The van der Waals surface area contributed by atoms with Crippen LogP contribution < -0.4 is 0 Å². The molecule has 1 N–H and O–H groups in total. The first-order valence-electron chi connectivity index (χ1n) is 3.99. The van der Waals surface area contributed by atoms with Crippen LogP contribution in [-0.2, 0) is 9.53 Å². The van der Waals surface area contributed by atoms with Crippen LogP contribution in [0.4, 0.5) is 0 Å². The van der Waals surface area contributed by atoms with Gasteiger partial charge in [0, 0.05) is 5.92 Å². The second kappa shape index (κ2) is 4.26. The van der Waals surface area contributed by atoms with E-state index in [1.165, 1.54) is 13.0 Å². The molecule has 0 spiro atoms. The van der Waals surface area contributed by atoms with E-state index in [1.54, 1.807) is 13.8 Å². The lowest BCUT2D eigenvalue weighted by atomic mass is 9.91. The molecule has 0 aliphatic rings. The zero-order valence-corrected chi connectivity index (χ0v) is 7.83. The van der Waals surface area contributed by atoms with E-state index in [9.17, 15) is 9.90 Å². The topological polar surface area (TPSA) is 46.5 Å². The van der Waals surface area contributed by atoms with Crippen molar-refractivity contribution in [1.29, 1.82) is 0 Å². The van der Waals surface area contributed by atoms with E-state index in [2.05, 4.69) is 6.58 Å². The normalized spacial score (nSPS) is 17.7. The van der Waals surface area contributed by atoms with Crippen molar-refractivity contribution in [1.82, 2.24) is 0 Å².